The Morgan fingerprint density at radius 2 is 1.74 bits per heavy atom. The lowest BCUT2D eigenvalue weighted by Crippen LogP contribution is -2.49. The van der Waals surface area contributed by atoms with Gasteiger partial charge in [-0.3, -0.25) is 4.68 Å². The highest BCUT2D eigenvalue weighted by molar-refractivity contribution is 7.90. The predicted molar refractivity (Wildman–Crippen MR) is 100 cm³/mol. The van der Waals surface area contributed by atoms with E-state index >= 15 is 0 Å². The van der Waals surface area contributed by atoms with Gasteiger partial charge in [-0.1, -0.05) is 12.1 Å². The Balaban J connectivity index is 1.41. The third kappa shape index (κ3) is 2.47. The van der Waals surface area contributed by atoms with E-state index in [0.29, 0.717) is 37.6 Å². The number of aryl methyl sites for hydroxylation is 1. The SMILES string of the molecule is Cn1ncc2c(N3CCN(C4=NS(=O)(=O)c5ccccc54)CC3)ncnc21. The molecule has 0 unspecified atom stereocenters. The zero-order chi connectivity index (χ0) is 18.6. The van der Waals surface area contributed by atoms with Crippen LogP contribution in [0.2, 0.25) is 0 Å². The van der Waals surface area contributed by atoms with Crippen molar-refractivity contribution in [2.75, 3.05) is 31.1 Å². The topological polar surface area (TPSA) is 96.6 Å². The maximum absolute atomic E-state index is 12.3. The Morgan fingerprint density at radius 3 is 2.56 bits per heavy atom. The van der Waals surface area contributed by atoms with Gasteiger partial charge in [0.15, 0.2) is 11.5 Å². The molecule has 1 saturated heterocycles. The molecule has 0 aliphatic carbocycles. The number of hydrogen-bond acceptors (Lipinski definition) is 7. The van der Waals surface area contributed by atoms with Crippen LogP contribution in [0, 0.1) is 0 Å². The second-order valence-electron chi connectivity index (χ2n) is 6.56. The number of amidine groups is 1. The molecule has 5 rings (SSSR count). The lowest BCUT2D eigenvalue weighted by molar-refractivity contribution is 0.386. The standard InChI is InChI=1S/C17H17N7O2S/c1-22-15-13(10-20-22)16(19-11-18-15)23-6-8-24(9-7-23)17-12-4-2-3-5-14(12)27(25,26)21-17/h2-5,10-11H,6-9H2,1H3. The molecule has 0 spiro atoms. The molecule has 0 bridgehead atoms. The summed E-state index contributed by atoms with van der Waals surface area (Å²) in [5.74, 6) is 1.40. The molecule has 0 amide bonds. The minimum atomic E-state index is -3.59. The molecule has 2 aliphatic rings. The van der Waals surface area contributed by atoms with Gasteiger partial charge in [0.2, 0.25) is 0 Å². The number of rotatable bonds is 1. The summed E-state index contributed by atoms with van der Waals surface area (Å²) in [5, 5.41) is 5.18. The molecule has 4 heterocycles. The monoisotopic (exact) mass is 383 g/mol. The fourth-order valence-corrected chi connectivity index (χ4v) is 4.88. The average Bonchev–Trinajstić information content (AvgIpc) is 3.20. The summed E-state index contributed by atoms with van der Waals surface area (Å²) in [7, 11) is -1.74. The van der Waals surface area contributed by atoms with Crippen molar-refractivity contribution in [3.05, 3.63) is 42.4 Å². The normalized spacial score (nSPS) is 18.6. The van der Waals surface area contributed by atoms with Gasteiger partial charge in [0, 0.05) is 38.8 Å². The first kappa shape index (κ1) is 16.2. The van der Waals surface area contributed by atoms with E-state index in [-0.39, 0.29) is 4.90 Å². The molecular weight excluding hydrogens is 366 g/mol. The maximum Gasteiger partial charge on any atom is 0.285 e. The average molecular weight is 383 g/mol. The van der Waals surface area contributed by atoms with Crippen LogP contribution in [0.25, 0.3) is 11.0 Å². The molecule has 1 fully saturated rings. The van der Waals surface area contributed by atoms with Crippen LogP contribution in [0.15, 0.2) is 46.1 Å². The van der Waals surface area contributed by atoms with Crippen LogP contribution in [-0.2, 0) is 17.1 Å². The van der Waals surface area contributed by atoms with E-state index < -0.39 is 10.0 Å². The highest BCUT2D eigenvalue weighted by atomic mass is 32.2. The van der Waals surface area contributed by atoms with Crippen molar-refractivity contribution in [3.8, 4) is 0 Å². The van der Waals surface area contributed by atoms with E-state index in [4.69, 9.17) is 0 Å². The van der Waals surface area contributed by atoms with Gasteiger partial charge in [0.1, 0.15) is 17.0 Å². The highest BCUT2D eigenvalue weighted by Crippen LogP contribution is 2.29. The van der Waals surface area contributed by atoms with E-state index in [1.165, 1.54) is 0 Å². The molecular formula is C17H17N7O2S. The molecule has 138 valence electrons. The van der Waals surface area contributed by atoms with Crippen molar-refractivity contribution in [1.29, 1.82) is 0 Å². The summed E-state index contributed by atoms with van der Waals surface area (Å²) in [6, 6.07) is 6.98. The third-order valence-corrected chi connectivity index (χ3v) is 6.32. The van der Waals surface area contributed by atoms with Gasteiger partial charge in [-0.05, 0) is 12.1 Å². The Kier molecular flexibility index (Phi) is 3.44. The first-order valence-electron chi connectivity index (χ1n) is 8.61. The van der Waals surface area contributed by atoms with Gasteiger partial charge >= 0.3 is 0 Å². The smallest absolute Gasteiger partial charge is 0.285 e. The van der Waals surface area contributed by atoms with Crippen molar-refractivity contribution in [2.45, 2.75) is 4.90 Å². The molecule has 1 aromatic carbocycles. The number of nitrogens with zero attached hydrogens (tertiary/aromatic N) is 7. The third-order valence-electron chi connectivity index (χ3n) is 5.00. The van der Waals surface area contributed by atoms with Crippen molar-refractivity contribution in [1.82, 2.24) is 24.6 Å². The zero-order valence-electron chi connectivity index (χ0n) is 14.6. The van der Waals surface area contributed by atoms with E-state index in [2.05, 4.69) is 24.4 Å². The number of fused-ring (bicyclic) bond motifs is 2. The lowest BCUT2D eigenvalue weighted by Gasteiger charge is -2.36. The number of hydrogen-bond donors (Lipinski definition) is 0. The Hall–Kier alpha value is -3.01. The summed E-state index contributed by atoms with van der Waals surface area (Å²) in [6.07, 6.45) is 3.33. The van der Waals surface area contributed by atoms with Crippen LogP contribution in [0.3, 0.4) is 0 Å². The first-order chi connectivity index (χ1) is 13.0. The molecule has 27 heavy (non-hydrogen) atoms. The van der Waals surface area contributed by atoms with Crippen LogP contribution in [-0.4, -0.2) is 65.1 Å². The Bertz CT molecular complexity index is 1180. The van der Waals surface area contributed by atoms with Crippen LogP contribution in [0.1, 0.15) is 5.56 Å². The van der Waals surface area contributed by atoms with Gasteiger partial charge in [-0.15, -0.1) is 4.40 Å². The quantitative estimate of drug-likeness (QED) is 0.608. The number of piperazine rings is 1. The number of aromatic nitrogens is 4. The second-order valence-corrected chi connectivity index (χ2v) is 8.14. The first-order valence-corrected chi connectivity index (χ1v) is 10.1. The highest BCUT2D eigenvalue weighted by Gasteiger charge is 2.33. The fourth-order valence-electron chi connectivity index (χ4n) is 3.65. The van der Waals surface area contributed by atoms with Crippen molar-refractivity contribution < 1.29 is 8.42 Å². The number of sulfonamides is 1. The van der Waals surface area contributed by atoms with Crippen LogP contribution in [0.5, 0.6) is 0 Å². The van der Waals surface area contributed by atoms with Crippen molar-refractivity contribution in [2.24, 2.45) is 11.4 Å². The predicted octanol–water partition coefficient (Wildman–Crippen LogP) is 0.634. The van der Waals surface area contributed by atoms with Crippen molar-refractivity contribution in [3.63, 3.8) is 0 Å². The van der Waals surface area contributed by atoms with E-state index in [1.807, 2.05) is 24.1 Å². The summed E-state index contributed by atoms with van der Waals surface area (Å²) in [5.41, 5.74) is 1.48. The van der Waals surface area contributed by atoms with Crippen molar-refractivity contribution >= 4 is 32.7 Å². The van der Waals surface area contributed by atoms with E-state index in [1.54, 1.807) is 29.3 Å². The summed E-state index contributed by atoms with van der Waals surface area (Å²) < 4.78 is 30.3. The molecule has 2 aromatic heterocycles. The van der Waals surface area contributed by atoms with Gasteiger partial charge in [0.25, 0.3) is 10.0 Å². The number of benzene rings is 1. The fraction of sp³-hybridized carbons (Fsp3) is 0.294. The summed E-state index contributed by atoms with van der Waals surface area (Å²) in [6.45, 7) is 2.74. The van der Waals surface area contributed by atoms with E-state index in [0.717, 1.165) is 16.9 Å². The van der Waals surface area contributed by atoms with Gasteiger partial charge in [0.05, 0.1) is 11.6 Å². The minimum absolute atomic E-state index is 0.287. The minimum Gasteiger partial charge on any atom is -0.352 e. The summed E-state index contributed by atoms with van der Waals surface area (Å²) >= 11 is 0. The zero-order valence-corrected chi connectivity index (χ0v) is 15.5. The lowest BCUT2D eigenvalue weighted by atomic mass is 10.1. The molecule has 3 aromatic rings. The van der Waals surface area contributed by atoms with Crippen LogP contribution >= 0.6 is 0 Å². The molecule has 10 heteroatoms. The molecule has 9 nitrogen and oxygen atoms in total. The largest absolute Gasteiger partial charge is 0.352 e. The van der Waals surface area contributed by atoms with E-state index in [9.17, 15) is 8.42 Å². The Morgan fingerprint density at radius 1 is 1.00 bits per heavy atom. The second kappa shape index (κ2) is 5.74. The molecule has 0 atom stereocenters. The number of anilines is 1. The Labute approximate surface area is 156 Å². The molecule has 2 aliphatic heterocycles. The molecule has 0 radical (unpaired) electrons. The van der Waals surface area contributed by atoms with Crippen LogP contribution in [0.4, 0.5) is 5.82 Å². The van der Waals surface area contributed by atoms with Gasteiger partial charge in [-0.2, -0.15) is 13.5 Å². The van der Waals surface area contributed by atoms with Gasteiger partial charge < -0.3 is 9.80 Å². The van der Waals surface area contributed by atoms with Crippen LogP contribution < -0.4 is 4.90 Å². The van der Waals surface area contributed by atoms with Gasteiger partial charge in [-0.25, -0.2) is 9.97 Å². The molecule has 0 saturated carbocycles. The molecule has 0 N–H and O–H groups in total. The maximum atomic E-state index is 12.3. The summed E-state index contributed by atoms with van der Waals surface area (Å²) in [4.78, 5) is 13.2.